The predicted octanol–water partition coefficient (Wildman–Crippen LogP) is 0.715. The zero-order valence-electron chi connectivity index (χ0n) is 9.53. The van der Waals surface area contributed by atoms with Gasteiger partial charge in [-0.15, -0.1) is 0 Å². The third-order valence-electron chi connectivity index (χ3n) is 2.28. The first-order chi connectivity index (χ1) is 7.69. The van der Waals surface area contributed by atoms with Crippen LogP contribution >= 0.6 is 0 Å². The van der Waals surface area contributed by atoms with Crippen molar-refractivity contribution >= 4 is 5.91 Å². The second kappa shape index (κ2) is 6.30. The van der Waals surface area contributed by atoms with Gasteiger partial charge < -0.3 is 19.6 Å². The first kappa shape index (κ1) is 12.7. The summed E-state index contributed by atoms with van der Waals surface area (Å²) < 4.78 is 10.0. The maximum Gasteiger partial charge on any atom is 0.255 e. The van der Waals surface area contributed by atoms with E-state index in [-0.39, 0.29) is 18.6 Å². The summed E-state index contributed by atoms with van der Waals surface area (Å²) in [6, 6.07) is 1.44. The summed E-state index contributed by atoms with van der Waals surface area (Å²) >= 11 is 0. The standard InChI is InChI=1S/C11H17NO4/c1-8-10(4-6-16-8)11(14)12-9(3-5-13)7-15-2/h4,6,9,13H,3,5,7H2,1-2H3,(H,12,14). The topological polar surface area (TPSA) is 71.7 Å². The minimum absolute atomic E-state index is 0.0126. The van der Waals surface area contributed by atoms with Crippen LogP contribution < -0.4 is 5.32 Å². The average molecular weight is 227 g/mol. The summed E-state index contributed by atoms with van der Waals surface area (Å²) in [6.07, 6.45) is 1.94. The largest absolute Gasteiger partial charge is 0.469 e. The molecule has 1 aromatic heterocycles. The highest BCUT2D eigenvalue weighted by Gasteiger charge is 2.16. The van der Waals surface area contributed by atoms with E-state index in [1.807, 2.05) is 0 Å². The highest BCUT2D eigenvalue weighted by Crippen LogP contribution is 2.08. The second-order valence-electron chi connectivity index (χ2n) is 3.53. The Bertz CT molecular complexity index is 328. The van der Waals surface area contributed by atoms with E-state index in [4.69, 9.17) is 14.3 Å². The van der Waals surface area contributed by atoms with Crippen LogP contribution in [0.15, 0.2) is 16.7 Å². The molecule has 0 aliphatic carbocycles. The molecular weight excluding hydrogens is 210 g/mol. The Morgan fingerprint density at radius 2 is 2.44 bits per heavy atom. The van der Waals surface area contributed by atoms with Crippen LogP contribution in [0.1, 0.15) is 22.5 Å². The molecule has 5 nitrogen and oxygen atoms in total. The van der Waals surface area contributed by atoms with Gasteiger partial charge in [-0.3, -0.25) is 4.79 Å². The van der Waals surface area contributed by atoms with Gasteiger partial charge in [-0.25, -0.2) is 0 Å². The fraction of sp³-hybridized carbons (Fsp3) is 0.545. The van der Waals surface area contributed by atoms with Crippen molar-refractivity contribution in [2.24, 2.45) is 0 Å². The van der Waals surface area contributed by atoms with Crippen LogP contribution in [0, 0.1) is 6.92 Å². The minimum atomic E-state index is -0.207. The fourth-order valence-electron chi connectivity index (χ4n) is 1.44. The number of aryl methyl sites for hydroxylation is 1. The quantitative estimate of drug-likeness (QED) is 0.751. The monoisotopic (exact) mass is 227 g/mol. The van der Waals surface area contributed by atoms with Crippen molar-refractivity contribution in [2.45, 2.75) is 19.4 Å². The predicted molar refractivity (Wildman–Crippen MR) is 58.3 cm³/mol. The summed E-state index contributed by atoms with van der Waals surface area (Å²) in [5, 5.41) is 11.6. The molecule has 1 atom stereocenters. The third kappa shape index (κ3) is 3.36. The first-order valence-corrected chi connectivity index (χ1v) is 5.13. The van der Waals surface area contributed by atoms with Gasteiger partial charge >= 0.3 is 0 Å². The number of hydrogen-bond acceptors (Lipinski definition) is 4. The number of carbonyl (C=O) groups excluding carboxylic acids is 1. The molecule has 0 saturated carbocycles. The molecule has 0 spiro atoms. The van der Waals surface area contributed by atoms with Crippen LogP contribution in [0.25, 0.3) is 0 Å². The van der Waals surface area contributed by atoms with Crippen LogP contribution in [0.2, 0.25) is 0 Å². The van der Waals surface area contributed by atoms with E-state index in [1.54, 1.807) is 20.1 Å². The van der Waals surface area contributed by atoms with Crippen molar-refractivity contribution in [2.75, 3.05) is 20.3 Å². The maximum absolute atomic E-state index is 11.8. The van der Waals surface area contributed by atoms with E-state index in [0.717, 1.165) is 0 Å². The van der Waals surface area contributed by atoms with E-state index in [0.29, 0.717) is 24.4 Å². The number of rotatable bonds is 6. The Morgan fingerprint density at radius 1 is 1.69 bits per heavy atom. The van der Waals surface area contributed by atoms with Gasteiger partial charge in [0.15, 0.2) is 0 Å². The van der Waals surface area contributed by atoms with Crippen molar-refractivity contribution < 1.29 is 19.1 Å². The number of carbonyl (C=O) groups is 1. The van der Waals surface area contributed by atoms with E-state index >= 15 is 0 Å². The first-order valence-electron chi connectivity index (χ1n) is 5.13. The van der Waals surface area contributed by atoms with Gasteiger partial charge in [-0.1, -0.05) is 0 Å². The van der Waals surface area contributed by atoms with Crippen molar-refractivity contribution in [3.8, 4) is 0 Å². The zero-order valence-corrected chi connectivity index (χ0v) is 9.53. The Labute approximate surface area is 94.4 Å². The second-order valence-corrected chi connectivity index (χ2v) is 3.53. The van der Waals surface area contributed by atoms with Gasteiger partial charge in [0, 0.05) is 13.7 Å². The molecule has 1 rings (SSSR count). The van der Waals surface area contributed by atoms with Crippen molar-refractivity contribution in [1.29, 1.82) is 0 Å². The Hall–Kier alpha value is -1.33. The molecule has 0 fully saturated rings. The van der Waals surface area contributed by atoms with E-state index in [2.05, 4.69) is 5.32 Å². The number of hydrogen-bond donors (Lipinski definition) is 2. The Balaban J connectivity index is 2.58. The molecule has 0 aliphatic heterocycles. The van der Waals surface area contributed by atoms with Crippen molar-refractivity contribution in [3.05, 3.63) is 23.7 Å². The van der Waals surface area contributed by atoms with E-state index < -0.39 is 0 Å². The Morgan fingerprint density at radius 3 is 2.94 bits per heavy atom. The highest BCUT2D eigenvalue weighted by molar-refractivity contribution is 5.95. The number of furan rings is 1. The number of aliphatic hydroxyl groups excluding tert-OH is 1. The summed E-state index contributed by atoms with van der Waals surface area (Å²) in [6.45, 7) is 2.12. The normalized spacial score (nSPS) is 12.4. The lowest BCUT2D eigenvalue weighted by Gasteiger charge is -2.16. The van der Waals surface area contributed by atoms with Crippen molar-refractivity contribution in [1.82, 2.24) is 5.32 Å². The molecule has 1 aromatic rings. The average Bonchev–Trinajstić information content (AvgIpc) is 2.65. The molecular formula is C11H17NO4. The smallest absolute Gasteiger partial charge is 0.255 e. The number of amides is 1. The van der Waals surface area contributed by atoms with Crippen LogP contribution in [-0.4, -0.2) is 37.4 Å². The minimum Gasteiger partial charge on any atom is -0.469 e. The molecule has 0 radical (unpaired) electrons. The molecule has 5 heteroatoms. The van der Waals surface area contributed by atoms with Gasteiger partial charge in [0.05, 0.1) is 24.5 Å². The van der Waals surface area contributed by atoms with Gasteiger partial charge in [0.1, 0.15) is 5.76 Å². The number of nitrogens with one attached hydrogen (secondary N) is 1. The van der Waals surface area contributed by atoms with E-state index in [9.17, 15) is 4.79 Å². The van der Waals surface area contributed by atoms with Gasteiger partial charge in [-0.05, 0) is 19.4 Å². The molecule has 2 N–H and O–H groups in total. The maximum atomic E-state index is 11.8. The molecule has 1 unspecified atom stereocenters. The lowest BCUT2D eigenvalue weighted by Crippen LogP contribution is -2.38. The third-order valence-corrected chi connectivity index (χ3v) is 2.28. The summed E-state index contributed by atoms with van der Waals surface area (Å²) in [4.78, 5) is 11.8. The lowest BCUT2D eigenvalue weighted by molar-refractivity contribution is 0.0877. The highest BCUT2D eigenvalue weighted by atomic mass is 16.5. The number of ether oxygens (including phenoxy) is 1. The SMILES string of the molecule is COCC(CCO)NC(=O)c1ccoc1C. The van der Waals surface area contributed by atoms with Gasteiger partial charge in [0.2, 0.25) is 0 Å². The van der Waals surface area contributed by atoms with E-state index in [1.165, 1.54) is 6.26 Å². The molecule has 16 heavy (non-hydrogen) atoms. The molecule has 0 aliphatic rings. The van der Waals surface area contributed by atoms with Gasteiger partial charge in [-0.2, -0.15) is 0 Å². The Kier molecular flexibility index (Phi) is 5.01. The molecule has 1 heterocycles. The summed E-state index contributed by atoms with van der Waals surface area (Å²) in [7, 11) is 1.56. The molecule has 0 aromatic carbocycles. The number of aliphatic hydroxyl groups is 1. The zero-order chi connectivity index (χ0) is 12.0. The van der Waals surface area contributed by atoms with Crippen molar-refractivity contribution in [3.63, 3.8) is 0 Å². The number of methoxy groups -OCH3 is 1. The van der Waals surface area contributed by atoms with Crippen LogP contribution in [0.3, 0.4) is 0 Å². The van der Waals surface area contributed by atoms with Crippen LogP contribution in [0.5, 0.6) is 0 Å². The summed E-state index contributed by atoms with van der Waals surface area (Å²) in [5.74, 6) is 0.374. The molecule has 0 bridgehead atoms. The van der Waals surface area contributed by atoms with Crippen LogP contribution in [-0.2, 0) is 4.74 Å². The molecule has 90 valence electrons. The van der Waals surface area contributed by atoms with Gasteiger partial charge in [0.25, 0.3) is 5.91 Å². The van der Waals surface area contributed by atoms with Crippen LogP contribution in [0.4, 0.5) is 0 Å². The molecule has 0 saturated heterocycles. The molecule has 1 amide bonds. The fourth-order valence-corrected chi connectivity index (χ4v) is 1.44. The lowest BCUT2D eigenvalue weighted by atomic mass is 10.2. The summed E-state index contributed by atoms with van der Waals surface area (Å²) in [5.41, 5.74) is 0.513.